The SMILES string of the molecule is CCC(CC)N(CC(C)C)C(=O)c1ccc(F)c(Br)c1. The second-order valence-corrected chi connectivity index (χ2v) is 6.30. The smallest absolute Gasteiger partial charge is 0.254 e. The number of hydrogen-bond donors (Lipinski definition) is 0. The number of carbonyl (C=O) groups is 1. The van der Waals surface area contributed by atoms with E-state index in [9.17, 15) is 9.18 Å². The van der Waals surface area contributed by atoms with Gasteiger partial charge in [0, 0.05) is 18.2 Å². The fourth-order valence-electron chi connectivity index (χ4n) is 2.32. The summed E-state index contributed by atoms with van der Waals surface area (Å²) in [7, 11) is 0. The Kier molecular flexibility index (Phi) is 6.66. The van der Waals surface area contributed by atoms with E-state index in [4.69, 9.17) is 0 Å². The molecule has 1 aromatic rings. The molecule has 1 aromatic carbocycles. The summed E-state index contributed by atoms with van der Waals surface area (Å²) in [5.74, 6) is 0.0380. The van der Waals surface area contributed by atoms with Crippen LogP contribution in [0.25, 0.3) is 0 Å². The molecule has 0 aliphatic rings. The lowest BCUT2D eigenvalue weighted by Gasteiger charge is -2.32. The van der Waals surface area contributed by atoms with Gasteiger partial charge in [-0.1, -0.05) is 27.7 Å². The van der Waals surface area contributed by atoms with E-state index in [1.54, 1.807) is 12.1 Å². The maximum absolute atomic E-state index is 13.3. The molecule has 0 aromatic heterocycles. The highest BCUT2D eigenvalue weighted by Crippen LogP contribution is 2.20. The van der Waals surface area contributed by atoms with Gasteiger partial charge in [-0.05, 0) is 52.9 Å². The summed E-state index contributed by atoms with van der Waals surface area (Å²) in [5.41, 5.74) is 0.533. The van der Waals surface area contributed by atoms with E-state index >= 15 is 0 Å². The number of amides is 1. The van der Waals surface area contributed by atoms with Gasteiger partial charge in [-0.15, -0.1) is 0 Å². The van der Waals surface area contributed by atoms with Gasteiger partial charge >= 0.3 is 0 Å². The van der Waals surface area contributed by atoms with Gasteiger partial charge in [0.05, 0.1) is 4.47 Å². The van der Waals surface area contributed by atoms with Crippen LogP contribution in [0.1, 0.15) is 50.9 Å². The number of nitrogens with zero attached hydrogens (tertiary/aromatic N) is 1. The molecule has 0 saturated carbocycles. The molecule has 0 aliphatic carbocycles. The van der Waals surface area contributed by atoms with Gasteiger partial charge in [-0.25, -0.2) is 4.39 Å². The molecule has 0 N–H and O–H groups in total. The van der Waals surface area contributed by atoms with Crippen LogP contribution in [0.3, 0.4) is 0 Å². The van der Waals surface area contributed by atoms with Gasteiger partial charge in [-0.2, -0.15) is 0 Å². The van der Waals surface area contributed by atoms with Crippen molar-refractivity contribution in [3.63, 3.8) is 0 Å². The minimum atomic E-state index is -0.348. The van der Waals surface area contributed by atoms with E-state index in [1.165, 1.54) is 6.07 Å². The van der Waals surface area contributed by atoms with E-state index in [0.717, 1.165) is 19.4 Å². The number of rotatable bonds is 6. The molecule has 0 heterocycles. The highest BCUT2D eigenvalue weighted by molar-refractivity contribution is 9.10. The second kappa shape index (κ2) is 7.77. The van der Waals surface area contributed by atoms with E-state index < -0.39 is 0 Å². The zero-order valence-electron chi connectivity index (χ0n) is 12.6. The van der Waals surface area contributed by atoms with Crippen molar-refractivity contribution in [2.24, 2.45) is 5.92 Å². The number of hydrogen-bond acceptors (Lipinski definition) is 1. The van der Waals surface area contributed by atoms with Crippen LogP contribution in [0.2, 0.25) is 0 Å². The molecular weight excluding hydrogens is 321 g/mol. The standard InChI is InChI=1S/C16H23BrFNO/c1-5-13(6-2)19(10-11(3)4)16(20)12-7-8-15(18)14(17)9-12/h7-9,11,13H,5-6,10H2,1-4H3. The van der Waals surface area contributed by atoms with Crippen LogP contribution in [0.5, 0.6) is 0 Å². The zero-order valence-corrected chi connectivity index (χ0v) is 14.2. The number of halogens is 2. The summed E-state index contributed by atoms with van der Waals surface area (Å²) in [5, 5.41) is 0. The van der Waals surface area contributed by atoms with Crippen molar-refractivity contribution in [1.29, 1.82) is 0 Å². The maximum atomic E-state index is 13.3. The van der Waals surface area contributed by atoms with E-state index in [2.05, 4.69) is 43.6 Å². The maximum Gasteiger partial charge on any atom is 0.254 e. The normalized spacial score (nSPS) is 11.2. The van der Waals surface area contributed by atoms with Crippen molar-refractivity contribution in [3.8, 4) is 0 Å². The quantitative estimate of drug-likeness (QED) is 0.721. The van der Waals surface area contributed by atoms with Crippen LogP contribution in [0.4, 0.5) is 4.39 Å². The Bertz CT molecular complexity index is 458. The first-order valence-corrected chi connectivity index (χ1v) is 7.95. The highest BCUT2D eigenvalue weighted by Gasteiger charge is 2.23. The summed E-state index contributed by atoms with van der Waals surface area (Å²) in [6.45, 7) is 9.11. The predicted molar refractivity (Wildman–Crippen MR) is 84.3 cm³/mol. The Morgan fingerprint density at radius 2 is 1.90 bits per heavy atom. The van der Waals surface area contributed by atoms with Gasteiger partial charge in [-0.3, -0.25) is 4.79 Å². The van der Waals surface area contributed by atoms with Crippen molar-refractivity contribution < 1.29 is 9.18 Å². The first kappa shape index (κ1) is 17.2. The van der Waals surface area contributed by atoms with Crippen molar-refractivity contribution in [3.05, 3.63) is 34.1 Å². The third kappa shape index (κ3) is 4.30. The lowest BCUT2D eigenvalue weighted by molar-refractivity contribution is 0.0640. The average molecular weight is 344 g/mol. The van der Waals surface area contributed by atoms with Gasteiger partial charge in [0.2, 0.25) is 0 Å². The fourth-order valence-corrected chi connectivity index (χ4v) is 2.69. The number of carbonyl (C=O) groups excluding carboxylic acids is 1. The van der Waals surface area contributed by atoms with Crippen LogP contribution < -0.4 is 0 Å². The fraction of sp³-hybridized carbons (Fsp3) is 0.562. The van der Waals surface area contributed by atoms with Gasteiger partial charge in [0.25, 0.3) is 5.91 Å². The van der Waals surface area contributed by atoms with Crippen molar-refractivity contribution >= 4 is 21.8 Å². The molecule has 0 aliphatic heterocycles. The van der Waals surface area contributed by atoms with E-state index in [-0.39, 0.29) is 17.8 Å². The molecule has 0 radical (unpaired) electrons. The van der Waals surface area contributed by atoms with Crippen LogP contribution >= 0.6 is 15.9 Å². The van der Waals surface area contributed by atoms with Crippen LogP contribution in [0.15, 0.2) is 22.7 Å². The Hall–Kier alpha value is -0.900. The molecule has 0 atom stereocenters. The molecule has 0 spiro atoms. The number of benzene rings is 1. The Morgan fingerprint density at radius 3 is 2.35 bits per heavy atom. The summed E-state index contributed by atoms with van der Waals surface area (Å²) >= 11 is 3.14. The highest BCUT2D eigenvalue weighted by atomic mass is 79.9. The lowest BCUT2D eigenvalue weighted by atomic mass is 10.1. The van der Waals surface area contributed by atoms with Crippen molar-refractivity contribution in [2.75, 3.05) is 6.54 Å². The van der Waals surface area contributed by atoms with Crippen LogP contribution in [-0.4, -0.2) is 23.4 Å². The second-order valence-electron chi connectivity index (χ2n) is 5.45. The topological polar surface area (TPSA) is 20.3 Å². The molecule has 112 valence electrons. The third-order valence-corrected chi connectivity index (χ3v) is 3.98. The van der Waals surface area contributed by atoms with Gasteiger partial charge in [0.1, 0.15) is 5.82 Å². The summed E-state index contributed by atoms with van der Waals surface area (Å²) < 4.78 is 13.6. The first-order valence-electron chi connectivity index (χ1n) is 7.16. The molecule has 0 bridgehead atoms. The van der Waals surface area contributed by atoms with E-state index in [1.807, 2.05) is 4.90 Å². The van der Waals surface area contributed by atoms with Crippen molar-refractivity contribution in [1.82, 2.24) is 4.90 Å². The molecule has 0 unspecified atom stereocenters. The first-order chi connectivity index (χ1) is 9.40. The Morgan fingerprint density at radius 1 is 1.30 bits per heavy atom. The lowest BCUT2D eigenvalue weighted by Crippen LogP contribution is -2.42. The molecule has 2 nitrogen and oxygen atoms in total. The van der Waals surface area contributed by atoms with Crippen LogP contribution in [-0.2, 0) is 0 Å². The average Bonchev–Trinajstić information content (AvgIpc) is 2.41. The molecule has 20 heavy (non-hydrogen) atoms. The van der Waals surface area contributed by atoms with Gasteiger partial charge in [0.15, 0.2) is 0 Å². The summed E-state index contributed by atoms with van der Waals surface area (Å²) in [6.07, 6.45) is 1.86. The minimum Gasteiger partial charge on any atom is -0.335 e. The van der Waals surface area contributed by atoms with E-state index in [0.29, 0.717) is 16.0 Å². The molecule has 4 heteroatoms. The zero-order chi connectivity index (χ0) is 15.3. The molecule has 0 fully saturated rings. The predicted octanol–water partition coefficient (Wildman–Crippen LogP) is 4.88. The minimum absolute atomic E-state index is 0.0203. The Labute approximate surface area is 129 Å². The largest absolute Gasteiger partial charge is 0.335 e. The van der Waals surface area contributed by atoms with Gasteiger partial charge < -0.3 is 4.90 Å². The van der Waals surface area contributed by atoms with Crippen molar-refractivity contribution in [2.45, 2.75) is 46.6 Å². The molecular formula is C16H23BrFNO. The summed E-state index contributed by atoms with van der Waals surface area (Å²) in [6, 6.07) is 4.68. The summed E-state index contributed by atoms with van der Waals surface area (Å²) in [4.78, 5) is 14.6. The molecule has 0 saturated heterocycles. The molecule has 1 amide bonds. The Balaban J connectivity index is 3.05. The van der Waals surface area contributed by atoms with Crippen LogP contribution in [0, 0.1) is 11.7 Å². The monoisotopic (exact) mass is 343 g/mol. The third-order valence-electron chi connectivity index (χ3n) is 3.37. The molecule has 1 rings (SSSR count).